The van der Waals surface area contributed by atoms with E-state index < -0.39 is 36.6 Å². The monoisotopic (exact) mass is 696 g/mol. The fourth-order valence-corrected chi connectivity index (χ4v) is 5.63. The lowest BCUT2D eigenvalue weighted by molar-refractivity contribution is -0.288. The van der Waals surface area contributed by atoms with Gasteiger partial charge in [0, 0.05) is 45.2 Å². The highest BCUT2D eigenvalue weighted by molar-refractivity contribution is 6.02. The number of hydrogen-bond donors (Lipinski definition) is 6. The molecule has 0 aliphatic carbocycles. The van der Waals surface area contributed by atoms with Crippen LogP contribution in [0.5, 0.6) is 0 Å². The smallest absolute Gasteiger partial charge is 0.262 e. The lowest BCUT2D eigenvalue weighted by Gasteiger charge is -2.39. The van der Waals surface area contributed by atoms with Gasteiger partial charge in [0.25, 0.3) is 5.91 Å². The average molecular weight is 697 g/mol. The first-order valence-corrected chi connectivity index (χ1v) is 16.8. The van der Waals surface area contributed by atoms with Crippen molar-refractivity contribution in [3.8, 4) is 6.07 Å². The number of carbonyl (C=O) groups is 1. The summed E-state index contributed by atoms with van der Waals surface area (Å²) >= 11 is 0. The Kier molecular flexibility index (Phi) is 16.0. The normalized spacial score (nSPS) is 23.0. The first-order chi connectivity index (χ1) is 24.3. The zero-order valence-corrected chi connectivity index (χ0v) is 28.3. The molecule has 2 aliphatic heterocycles. The molecule has 1 amide bonds. The van der Waals surface area contributed by atoms with Gasteiger partial charge in [0.05, 0.1) is 39.6 Å². The Morgan fingerprint density at radius 1 is 1.00 bits per heavy atom. The van der Waals surface area contributed by atoms with Gasteiger partial charge in [-0.25, -0.2) is 5.53 Å². The van der Waals surface area contributed by atoms with Gasteiger partial charge < -0.3 is 54.5 Å². The molecule has 0 aromatic heterocycles. The number of amides is 1. The average Bonchev–Trinajstić information content (AvgIpc) is 3.15. The van der Waals surface area contributed by atoms with Crippen molar-refractivity contribution in [1.29, 1.82) is 10.8 Å². The third-order valence-electron chi connectivity index (χ3n) is 8.40. The van der Waals surface area contributed by atoms with Crippen LogP contribution in [0, 0.1) is 16.9 Å². The van der Waals surface area contributed by atoms with Gasteiger partial charge in [0.2, 0.25) is 0 Å². The van der Waals surface area contributed by atoms with Gasteiger partial charge in [-0.2, -0.15) is 10.4 Å². The summed E-state index contributed by atoms with van der Waals surface area (Å²) in [5.41, 5.74) is 9.61. The maximum atomic E-state index is 12.6. The number of rotatable bonds is 19. The molecule has 272 valence electrons. The number of hydrogen-bond acceptors (Lipinski definition) is 14. The first-order valence-electron chi connectivity index (χ1n) is 16.8. The Morgan fingerprint density at radius 3 is 2.42 bits per heavy atom. The van der Waals surface area contributed by atoms with Crippen molar-refractivity contribution in [1.82, 2.24) is 10.6 Å². The lowest BCUT2D eigenvalue weighted by Crippen LogP contribution is -2.59. The Morgan fingerprint density at radius 2 is 1.70 bits per heavy atom. The standard InChI is InChI=1S/C35H48N6O9/c1-46-35-33(44)32(43)31(42)30(50-35)22-38-21-28(40-37)23-49-16-15-48-14-13-47-12-9-39-34(45)27(20-36)18-24-5-6-26-19-29(8-7-25(26)17-24)41-10-3-2-4-11-41/h5-8,17-19,21,30-33,35,37-38,42-44H,2-4,9-16,22-23H2,1H3,(H,39,45)/b27-18+,28-21-,40-37?. The summed E-state index contributed by atoms with van der Waals surface area (Å²) in [6.45, 7) is 3.88. The molecule has 50 heavy (non-hydrogen) atoms. The van der Waals surface area contributed by atoms with Crippen LogP contribution in [0.1, 0.15) is 24.8 Å². The second-order valence-electron chi connectivity index (χ2n) is 11.9. The number of nitrogens with zero attached hydrogens (tertiary/aromatic N) is 3. The summed E-state index contributed by atoms with van der Waals surface area (Å²) in [7, 11) is 1.32. The quantitative estimate of drug-likeness (QED) is 0.0538. The summed E-state index contributed by atoms with van der Waals surface area (Å²) in [5, 5.41) is 50.6. The Balaban J connectivity index is 1.05. The molecule has 0 spiro atoms. The third kappa shape index (κ3) is 11.5. The van der Waals surface area contributed by atoms with Crippen molar-refractivity contribution in [3.05, 3.63) is 59.4 Å². The molecule has 2 aromatic rings. The van der Waals surface area contributed by atoms with Crippen LogP contribution in [0.3, 0.4) is 0 Å². The van der Waals surface area contributed by atoms with Crippen LogP contribution >= 0.6 is 0 Å². The predicted octanol–water partition coefficient (Wildman–Crippen LogP) is 1.82. The summed E-state index contributed by atoms with van der Waals surface area (Å²) < 4.78 is 26.9. The third-order valence-corrected chi connectivity index (χ3v) is 8.40. The number of carbonyl (C=O) groups excluding carboxylic acids is 1. The number of nitriles is 1. The zero-order valence-electron chi connectivity index (χ0n) is 28.3. The van der Waals surface area contributed by atoms with Crippen LogP contribution in [-0.4, -0.2) is 125 Å². The van der Waals surface area contributed by atoms with Crippen LogP contribution in [0.2, 0.25) is 0 Å². The van der Waals surface area contributed by atoms with Crippen molar-refractivity contribution in [2.45, 2.75) is 50.0 Å². The Bertz CT molecular complexity index is 1490. The van der Waals surface area contributed by atoms with Crippen LogP contribution in [-0.2, 0) is 28.5 Å². The number of methoxy groups -OCH3 is 1. The van der Waals surface area contributed by atoms with Crippen molar-refractivity contribution >= 4 is 28.4 Å². The van der Waals surface area contributed by atoms with Gasteiger partial charge in [-0.3, -0.25) is 4.79 Å². The molecule has 4 rings (SSSR count). The summed E-state index contributed by atoms with van der Waals surface area (Å²) in [6.07, 6.45) is 0.675. The van der Waals surface area contributed by atoms with E-state index in [1.807, 2.05) is 24.3 Å². The zero-order chi connectivity index (χ0) is 35.7. The second kappa shape index (κ2) is 20.6. The van der Waals surface area contributed by atoms with Crippen molar-refractivity contribution in [2.75, 3.05) is 77.8 Å². The number of ether oxygens (including phenoxy) is 5. The van der Waals surface area contributed by atoms with E-state index in [-0.39, 0.29) is 50.8 Å². The molecule has 5 atom stereocenters. The lowest BCUT2D eigenvalue weighted by atomic mass is 9.99. The van der Waals surface area contributed by atoms with Gasteiger partial charge in [0.1, 0.15) is 41.8 Å². The number of fused-ring (bicyclic) bond motifs is 1. The molecular formula is C35H48N6O9. The molecule has 2 fully saturated rings. The maximum absolute atomic E-state index is 12.6. The van der Waals surface area contributed by atoms with Gasteiger partial charge in [-0.1, -0.05) is 18.2 Å². The van der Waals surface area contributed by atoms with Gasteiger partial charge in [0.15, 0.2) is 6.29 Å². The second-order valence-corrected chi connectivity index (χ2v) is 11.9. The molecule has 15 nitrogen and oxygen atoms in total. The molecule has 2 aliphatic rings. The molecule has 15 heteroatoms. The predicted molar refractivity (Wildman–Crippen MR) is 184 cm³/mol. The summed E-state index contributed by atoms with van der Waals surface area (Å²) in [6, 6.07) is 14.3. The molecule has 5 unspecified atom stereocenters. The van der Waals surface area contributed by atoms with Gasteiger partial charge in [-0.15, -0.1) is 0 Å². The number of nitrogens with one attached hydrogen (secondary N) is 3. The van der Waals surface area contributed by atoms with E-state index in [4.69, 9.17) is 29.2 Å². The topological polar surface area (TPSA) is 211 Å². The number of anilines is 1. The minimum Gasteiger partial charge on any atom is -0.388 e. The summed E-state index contributed by atoms with van der Waals surface area (Å²) in [5.74, 6) is -0.466. The molecule has 0 bridgehead atoms. The van der Waals surface area contributed by atoms with Crippen LogP contribution < -0.4 is 15.5 Å². The highest BCUT2D eigenvalue weighted by Gasteiger charge is 2.43. The molecule has 6 N–H and O–H groups in total. The van der Waals surface area contributed by atoms with E-state index in [0.29, 0.717) is 13.2 Å². The molecular weight excluding hydrogens is 648 g/mol. The van der Waals surface area contributed by atoms with Crippen LogP contribution in [0.15, 0.2) is 59.0 Å². The van der Waals surface area contributed by atoms with E-state index >= 15 is 0 Å². The minimum absolute atomic E-state index is 0.0162. The van der Waals surface area contributed by atoms with E-state index in [9.17, 15) is 25.4 Å². The highest BCUT2D eigenvalue weighted by Crippen LogP contribution is 2.26. The Labute approximate surface area is 291 Å². The van der Waals surface area contributed by atoms with Crippen molar-refractivity contribution in [2.24, 2.45) is 5.11 Å². The van der Waals surface area contributed by atoms with Gasteiger partial charge in [-0.05, 0) is 59.9 Å². The van der Waals surface area contributed by atoms with Gasteiger partial charge >= 0.3 is 0 Å². The van der Waals surface area contributed by atoms with Crippen molar-refractivity contribution in [3.63, 3.8) is 0 Å². The maximum Gasteiger partial charge on any atom is 0.262 e. The van der Waals surface area contributed by atoms with E-state index in [2.05, 4.69) is 38.8 Å². The molecule has 2 saturated heterocycles. The molecule has 0 saturated carbocycles. The fraction of sp³-hybridized carbons (Fsp3) is 0.543. The number of aliphatic hydroxyl groups excluding tert-OH is 3. The number of aliphatic hydroxyl groups is 3. The van der Waals surface area contributed by atoms with E-state index in [0.717, 1.165) is 29.4 Å². The van der Waals surface area contributed by atoms with E-state index in [1.165, 1.54) is 38.3 Å². The molecule has 0 radical (unpaired) electrons. The molecule has 2 aromatic carbocycles. The van der Waals surface area contributed by atoms with Crippen molar-refractivity contribution < 1.29 is 43.8 Å². The minimum atomic E-state index is -1.43. The molecule has 2 heterocycles. The van der Waals surface area contributed by atoms with Crippen LogP contribution in [0.4, 0.5) is 5.69 Å². The number of piperidine rings is 1. The first kappa shape index (κ1) is 38.8. The number of benzene rings is 2. The largest absolute Gasteiger partial charge is 0.388 e. The SMILES string of the molecule is COC1OC(CN/C=C(/COCCOCCOCCNC(=O)/C(C#N)=C/c2ccc3cc(N4CCCCC4)ccc3c2)N=N)C(O)C(O)C1O. The van der Waals surface area contributed by atoms with Crippen LogP contribution in [0.25, 0.3) is 16.8 Å². The highest BCUT2D eigenvalue weighted by atomic mass is 16.7. The fourth-order valence-electron chi connectivity index (χ4n) is 5.63. The Hall–Kier alpha value is -3.98. The van der Waals surface area contributed by atoms with E-state index in [1.54, 1.807) is 6.08 Å². The summed E-state index contributed by atoms with van der Waals surface area (Å²) in [4.78, 5) is 15.0.